The molecule has 4 N–H and O–H groups in total. The Bertz CT molecular complexity index is 353. The molecule has 0 aromatic heterocycles. The van der Waals surface area contributed by atoms with Crippen LogP contribution < -0.4 is 15.8 Å². The summed E-state index contributed by atoms with van der Waals surface area (Å²) in [6, 6.07) is 0.366. The van der Waals surface area contributed by atoms with Gasteiger partial charge in [-0.2, -0.15) is 0 Å². The lowest BCUT2D eigenvalue weighted by Crippen LogP contribution is -2.30. The minimum atomic E-state index is -3.20. The van der Waals surface area contributed by atoms with Gasteiger partial charge in [0.25, 0.3) is 0 Å². The van der Waals surface area contributed by atoms with Crippen molar-refractivity contribution in [3.8, 4) is 0 Å². The molecular weight excluding hydrogens is 254 g/mol. The van der Waals surface area contributed by atoms with Crippen molar-refractivity contribution in [2.75, 3.05) is 18.8 Å². The predicted octanol–water partition coefficient (Wildman–Crippen LogP) is -0.296. The van der Waals surface area contributed by atoms with Gasteiger partial charge in [-0.1, -0.05) is 0 Å². The summed E-state index contributed by atoms with van der Waals surface area (Å²) in [5.41, 5.74) is 5.30. The van der Waals surface area contributed by atoms with Gasteiger partial charge in [0.15, 0.2) is 0 Å². The Morgan fingerprint density at radius 2 is 1.94 bits per heavy atom. The van der Waals surface area contributed by atoms with E-state index < -0.39 is 10.0 Å². The van der Waals surface area contributed by atoms with Gasteiger partial charge in [-0.3, -0.25) is 4.79 Å². The molecule has 0 radical (unpaired) electrons. The second-order valence-corrected chi connectivity index (χ2v) is 6.58. The van der Waals surface area contributed by atoms with Crippen LogP contribution in [0.2, 0.25) is 0 Å². The molecule has 6 nitrogen and oxygen atoms in total. The quantitative estimate of drug-likeness (QED) is 0.477. The van der Waals surface area contributed by atoms with Gasteiger partial charge < -0.3 is 11.1 Å². The smallest absolute Gasteiger partial charge is 0.220 e. The third-order valence-corrected chi connectivity index (χ3v) is 4.18. The second kappa shape index (κ2) is 7.70. The van der Waals surface area contributed by atoms with Crippen LogP contribution in [0.25, 0.3) is 0 Å². The van der Waals surface area contributed by atoms with Crippen LogP contribution in [0.15, 0.2) is 0 Å². The molecule has 0 aromatic carbocycles. The molecule has 1 rings (SSSR count). The highest BCUT2D eigenvalue weighted by atomic mass is 32.2. The fourth-order valence-corrected chi connectivity index (χ4v) is 2.70. The molecule has 0 saturated heterocycles. The van der Waals surface area contributed by atoms with E-state index >= 15 is 0 Å². The van der Waals surface area contributed by atoms with Gasteiger partial charge in [-0.25, -0.2) is 13.1 Å². The van der Waals surface area contributed by atoms with Gasteiger partial charge in [0.2, 0.25) is 15.9 Å². The summed E-state index contributed by atoms with van der Waals surface area (Å²) < 4.78 is 25.5. The summed E-state index contributed by atoms with van der Waals surface area (Å²) in [6.07, 6.45) is 4.34. The molecule has 0 unspecified atom stereocenters. The fraction of sp³-hybridized carbons (Fsp3) is 0.909. The number of unbranched alkanes of at least 4 members (excludes halogenated alkanes) is 1. The fourth-order valence-electron chi connectivity index (χ4n) is 1.51. The predicted molar refractivity (Wildman–Crippen MR) is 70.5 cm³/mol. The maximum absolute atomic E-state index is 11.5. The standard InChI is InChI=1S/C11H23N3O3S/c12-7-1-2-9-18(16,17)13-8-3-4-11(15)14-10-5-6-10/h10,13H,1-9,12H2,(H,14,15). The van der Waals surface area contributed by atoms with Crippen molar-refractivity contribution in [2.24, 2.45) is 5.73 Å². The summed E-state index contributed by atoms with van der Waals surface area (Å²) in [4.78, 5) is 11.3. The molecule has 0 atom stereocenters. The van der Waals surface area contributed by atoms with Gasteiger partial charge in [0, 0.05) is 19.0 Å². The van der Waals surface area contributed by atoms with E-state index in [1.54, 1.807) is 0 Å². The average molecular weight is 277 g/mol. The van der Waals surface area contributed by atoms with Crippen LogP contribution in [0, 0.1) is 0 Å². The lowest BCUT2D eigenvalue weighted by atomic mass is 10.3. The topological polar surface area (TPSA) is 101 Å². The van der Waals surface area contributed by atoms with E-state index in [1.165, 1.54) is 0 Å². The molecule has 0 spiro atoms. The molecule has 18 heavy (non-hydrogen) atoms. The third-order valence-electron chi connectivity index (χ3n) is 2.71. The molecule has 0 aliphatic heterocycles. The van der Waals surface area contributed by atoms with Crippen LogP contribution >= 0.6 is 0 Å². The highest BCUT2D eigenvalue weighted by Crippen LogP contribution is 2.18. The van der Waals surface area contributed by atoms with Crippen molar-refractivity contribution >= 4 is 15.9 Å². The van der Waals surface area contributed by atoms with Crippen molar-refractivity contribution in [1.82, 2.24) is 10.0 Å². The number of amides is 1. The molecule has 1 aliphatic rings. The first kappa shape index (κ1) is 15.4. The van der Waals surface area contributed by atoms with Crippen LogP contribution in [0.5, 0.6) is 0 Å². The molecule has 1 amide bonds. The molecule has 0 heterocycles. The number of hydrogen-bond donors (Lipinski definition) is 3. The Kier molecular flexibility index (Phi) is 6.59. The molecule has 1 fully saturated rings. The zero-order valence-electron chi connectivity index (χ0n) is 10.7. The first-order valence-corrected chi connectivity index (χ1v) is 8.15. The van der Waals surface area contributed by atoms with Crippen LogP contribution in [0.1, 0.15) is 38.5 Å². The van der Waals surface area contributed by atoms with Crippen molar-refractivity contribution in [3.05, 3.63) is 0 Å². The van der Waals surface area contributed by atoms with Gasteiger partial charge >= 0.3 is 0 Å². The Balaban J connectivity index is 2.02. The Morgan fingerprint density at radius 1 is 1.22 bits per heavy atom. The number of carbonyl (C=O) groups is 1. The molecule has 0 aromatic rings. The Labute approximate surface area is 109 Å². The monoisotopic (exact) mass is 277 g/mol. The molecular formula is C11H23N3O3S. The van der Waals surface area contributed by atoms with E-state index in [0.29, 0.717) is 44.8 Å². The molecule has 106 valence electrons. The molecule has 1 aliphatic carbocycles. The number of nitrogens with one attached hydrogen (secondary N) is 2. The lowest BCUT2D eigenvalue weighted by molar-refractivity contribution is -0.121. The largest absolute Gasteiger partial charge is 0.353 e. The lowest BCUT2D eigenvalue weighted by Gasteiger charge is -2.06. The van der Waals surface area contributed by atoms with Gasteiger partial charge in [-0.05, 0) is 38.6 Å². The number of rotatable bonds is 10. The third kappa shape index (κ3) is 7.62. The first-order valence-electron chi connectivity index (χ1n) is 6.50. The summed E-state index contributed by atoms with van der Waals surface area (Å²) >= 11 is 0. The van der Waals surface area contributed by atoms with Crippen molar-refractivity contribution < 1.29 is 13.2 Å². The van der Waals surface area contributed by atoms with E-state index in [-0.39, 0.29) is 11.7 Å². The molecule has 7 heteroatoms. The average Bonchev–Trinajstić information content (AvgIpc) is 3.08. The summed E-state index contributed by atoms with van der Waals surface area (Å²) in [7, 11) is -3.20. The van der Waals surface area contributed by atoms with E-state index in [1.807, 2.05) is 0 Å². The minimum Gasteiger partial charge on any atom is -0.353 e. The number of sulfonamides is 1. The molecule has 1 saturated carbocycles. The number of carbonyl (C=O) groups excluding carboxylic acids is 1. The first-order chi connectivity index (χ1) is 8.53. The van der Waals surface area contributed by atoms with Gasteiger partial charge in [0.1, 0.15) is 0 Å². The highest BCUT2D eigenvalue weighted by molar-refractivity contribution is 7.89. The van der Waals surface area contributed by atoms with Crippen LogP contribution in [0.4, 0.5) is 0 Å². The van der Waals surface area contributed by atoms with Gasteiger partial charge in [0.05, 0.1) is 5.75 Å². The zero-order chi connectivity index (χ0) is 13.4. The maximum atomic E-state index is 11.5. The van der Waals surface area contributed by atoms with E-state index in [9.17, 15) is 13.2 Å². The normalized spacial score (nSPS) is 15.6. The number of nitrogens with two attached hydrogens (primary N) is 1. The van der Waals surface area contributed by atoms with Crippen molar-refractivity contribution in [2.45, 2.75) is 44.6 Å². The highest BCUT2D eigenvalue weighted by Gasteiger charge is 2.22. The van der Waals surface area contributed by atoms with E-state index in [4.69, 9.17) is 5.73 Å². The van der Waals surface area contributed by atoms with Crippen molar-refractivity contribution in [3.63, 3.8) is 0 Å². The zero-order valence-corrected chi connectivity index (χ0v) is 11.5. The second-order valence-electron chi connectivity index (χ2n) is 4.65. The van der Waals surface area contributed by atoms with E-state index in [0.717, 1.165) is 12.8 Å². The molecule has 0 bridgehead atoms. The Morgan fingerprint density at radius 3 is 2.56 bits per heavy atom. The summed E-state index contributed by atoms with van der Waals surface area (Å²) in [5, 5.41) is 2.86. The number of hydrogen-bond acceptors (Lipinski definition) is 4. The SMILES string of the molecule is NCCCCS(=O)(=O)NCCCC(=O)NC1CC1. The summed E-state index contributed by atoms with van der Waals surface area (Å²) in [6.45, 7) is 0.833. The van der Waals surface area contributed by atoms with E-state index in [2.05, 4.69) is 10.0 Å². The Hall–Kier alpha value is -0.660. The summed E-state index contributed by atoms with van der Waals surface area (Å²) in [5.74, 6) is 0.123. The van der Waals surface area contributed by atoms with Gasteiger partial charge in [-0.15, -0.1) is 0 Å². The maximum Gasteiger partial charge on any atom is 0.220 e. The van der Waals surface area contributed by atoms with Crippen LogP contribution in [-0.2, 0) is 14.8 Å². The van der Waals surface area contributed by atoms with Crippen LogP contribution in [0.3, 0.4) is 0 Å². The van der Waals surface area contributed by atoms with Crippen LogP contribution in [-0.4, -0.2) is 39.2 Å². The minimum absolute atomic E-state index is 0.0137. The van der Waals surface area contributed by atoms with Crippen molar-refractivity contribution in [1.29, 1.82) is 0 Å².